The van der Waals surface area contributed by atoms with Gasteiger partial charge in [-0.2, -0.15) is 0 Å². The van der Waals surface area contributed by atoms with Crippen molar-refractivity contribution >= 4 is 31.5 Å². The fraction of sp³-hybridized carbons (Fsp3) is 0.227. The van der Waals surface area contributed by atoms with E-state index in [4.69, 9.17) is 4.98 Å². The van der Waals surface area contributed by atoms with Crippen molar-refractivity contribution in [3.8, 4) is 11.3 Å². The van der Waals surface area contributed by atoms with Crippen molar-refractivity contribution in [2.45, 2.75) is 32.6 Å². The van der Waals surface area contributed by atoms with Crippen LogP contribution < -0.4 is 0 Å². The van der Waals surface area contributed by atoms with Crippen LogP contribution in [0.1, 0.15) is 29.5 Å². The Kier molecular flexibility index (Phi) is 3.20. The molecule has 4 aromatic rings. The normalized spacial score (nSPS) is 14.2. The molecule has 0 saturated carbocycles. The topological polar surface area (TPSA) is 12.9 Å². The predicted molar refractivity (Wildman–Crippen MR) is 104 cm³/mol. The molecule has 0 unspecified atom stereocenters. The molecule has 1 aliphatic carbocycles. The van der Waals surface area contributed by atoms with Crippen LogP contribution in [0.15, 0.2) is 48.7 Å². The summed E-state index contributed by atoms with van der Waals surface area (Å²) in [6.07, 6.45) is 7.10. The van der Waals surface area contributed by atoms with Crippen molar-refractivity contribution in [2.75, 3.05) is 0 Å². The molecule has 2 aromatic heterocycles. The second-order valence-corrected chi connectivity index (χ2v) is 7.83. The van der Waals surface area contributed by atoms with Crippen LogP contribution in [0.3, 0.4) is 0 Å². The van der Waals surface area contributed by atoms with E-state index in [1.54, 1.807) is 11.1 Å². The summed E-state index contributed by atoms with van der Waals surface area (Å²) in [7, 11) is 0. The third-order valence-electron chi connectivity index (χ3n) is 5.25. The second kappa shape index (κ2) is 5.42. The Hall–Kier alpha value is -2.19. The van der Waals surface area contributed by atoms with Gasteiger partial charge in [0.25, 0.3) is 0 Å². The van der Waals surface area contributed by atoms with Gasteiger partial charge < -0.3 is 0 Å². The average molecular weight is 329 g/mol. The van der Waals surface area contributed by atoms with Gasteiger partial charge >= 0.3 is 0 Å². The highest BCUT2D eigenvalue weighted by Crippen LogP contribution is 2.41. The van der Waals surface area contributed by atoms with E-state index >= 15 is 0 Å². The number of nitrogens with zero attached hydrogens (tertiary/aromatic N) is 1. The van der Waals surface area contributed by atoms with Crippen LogP contribution in [-0.2, 0) is 12.8 Å². The lowest BCUT2D eigenvalue weighted by Crippen LogP contribution is -2.01. The first-order chi connectivity index (χ1) is 11.8. The standard InChI is InChI=1S/C22H19NS/c1-14-6-2-5-9-17(14)21-22-18(10-11-23-21)19-12-15-7-3-4-8-16(15)13-20(19)24-22/h2,5-6,9-13H,3-4,7-8H2,1H3. The molecule has 2 heterocycles. The van der Waals surface area contributed by atoms with Crippen molar-refractivity contribution < 1.29 is 0 Å². The number of aryl methyl sites for hydroxylation is 3. The van der Waals surface area contributed by atoms with E-state index in [1.807, 2.05) is 17.5 Å². The molecule has 0 bridgehead atoms. The molecule has 0 N–H and O–H groups in total. The van der Waals surface area contributed by atoms with Gasteiger partial charge in [0.1, 0.15) is 0 Å². The van der Waals surface area contributed by atoms with Gasteiger partial charge in [-0.25, -0.2) is 0 Å². The predicted octanol–water partition coefficient (Wildman–Crippen LogP) is 6.30. The zero-order chi connectivity index (χ0) is 16.1. The zero-order valence-electron chi connectivity index (χ0n) is 13.8. The van der Waals surface area contributed by atoms with Crippen molar-refractivity contribution in [1.29, 1.82) is 0 Å². The van der Waals surface area contributed by atoms with Crippen LogP contribution in [0.4, 0.5) is 0 Å². The molecule has 1 aliphatic rings. The Morgan fingerprint density at radius 1 is 0.917 bits per heavy atom. The summed E-state index contributed by atoms with van der Waals surface area (Å²) in [4.78, 5) is 4.74. The lowest BCUT2D eigenvalue weighted by molar-refractivity contribution is 0.687. The number of hydrogen-bond acceptors (Lipinski definition) is 2. The molecule has 0 fully saturated rings. The molecule has 0 radical (unpaired) electrons. The van der Waals surface area contributed by atoms with Gasteiger partial charge in [-0.3, -0.25) is 4.98 Å². The summed E-state index contributed by atoms with van der Waals surface area (Å²) in [6.45, 7) is 2.17. The number of thiophene rings is 1. The molecule has 0 atom stereocenters. The van der Waals surface area contributed by atoms with E-state index < -0.39 is 0 Å². The van der Waals surface area contributed by atoms with E-state index in [9.17, 15) is 0 Å². The van der Waals surface area contributed by atoms with Crippen LogP contribution in [0.25, 0.3) is 31.4 Å². The van der Waals surface area contributed by atoms with Gasteiger partial charge in [-0.1, -0.05) is 24.3 Å². The summed E-state index contributed by atoms with van der Waals surface area (Å²) in [6, 6.07) is 15.6. The Morgan fingerprint density at radius 2 is 1.71 bits per heavy atom. The van der Waals surface area contributed by atoms with E-state index in [2.05, 4.69) is 49.4 Å². The van der Waals surface area contributed by atoms with Crippen molar-refractivity contribution in [3.63, 3.8) is 0 Å². The molecule has 24 heavy (non-hydrogen) atoms. The van der Waals surface area contributed by atoms with Gasteiger partial charge in [0, 0.05) is 27.2 Å². The first-order valence-electron chi connectivity index (χ1n) is 8.70. The molecule has 0 saturated heterocycles. The fourth-order valence-corrected chi connectivity index (χ4v) is 5.21. The Balaban J connectivity index is 1.83. The highest BCUT2D eigenvalue weighted by molar-refractivity contribution is 7.26. The fourth-order valence-electron chi connectivity index (χ4n) is 3.96. The quantitative estimate of drug-likeness (QED) is 0.399. The maximum absolute atomic E-state index is 4.74. The maximum atomic E-state index is 4.74. The van der Waals surface area contributed by atoms with E-state index in [1.165, 1.54) is 57.0 Å². The van der Waals surface area contributed by atoms with Gasteiger partial charge in [0.2, 0.25) is 0 Å². The molecule has 0 spiro atoms. The number of hydrogen-bond donors (Lipinski definition) is 0. The summed E-state index contributed by atoms with van der Waals surface area (Å²) >= 11 is 1.90. The molecule has 2 aromatic carbocycles. The molecule has 0 amide bonds. The number of aromatic nitrogens is 1. The van der Waals surface area contributed by atoms with Crippen LogP contribution in [0.2, 0.25) is 0 Å². The largest absolute Gasteiger partial charge is 0.255 e. The first kappa shape index (κ1) is 14.2. The number of benzene rings is 2. The lowest BCUT2D eigenvalue weighted by Gasteiger charge is -2.15. The van der Waals surface area contributed by atoms with E-state index in [0.717, 1.165) is 5.69 Å². The number of rotatable bonds is 1. The van der Waals surface area contributed by atoms with E-state index in [0.29, 0.717) is 0 Å². The third-order valence-corrected chi connectivity index (χ3v) is 6.43. The summed E-state index contributed by atoms with van der Waals surface area (Å²) in [5.41, 5.74) is 6.78. The first-order valence-corrected chi connectivity index (χ1v) is 9.52. The molecular formula is C22H19NS. The van der Waals surface area contributed by atoms with Crippen molar-refractivity contribution in [2.24, 2.45) is 0 Å². The van der Waals surface area contributed by atoms with Gasteiger partial charge in [-0.05, 0) is 67.5 Å². The van der Waals surface area contributed by atoms with Gasteiger partial charge in [0.15, 0.2) is 0 Å². The molecule has 2 heteroatoms. The number of pyridine rings is 1. The summed E-state index contributed by atoms with van der Waals surface area (Å²) in [5.74, 6) is 0. The summed E-state index contributed by atoms with van der Waals surface area (Å²) < 4.78 is 2.73. The molecule has 5 rings (SSSR count). The third kappa shape index (κ3) is 2.10. The van der Waals surface area contributed by atoms with Crippen LogP contribution in [0, 0.1) is 6.92 Å². The molecule has 118 valence electrons. The maximum Gasteiger partial charge on any atom is 0.0883 e. The highest BCUT2D eigenvalue weighted by Gasteiger charge is 2.16. The Bertz CT molecular complexity index is 1070. The molecule has 1 nitrogen and oxygen atoms in total. The van der Waals surface area contributed by atoms with Crippen molar-refractivity contribution in [1.82, 2.24) is 4.98 Å². The minimum atomic E-state index is 1.13. The molecule has 0 aliphatic heterocycles. The zero-order valence-corrected chi connectivity index (χ0v) is 14.6. The van der Waals surface area contributed by atoms with Gasteiger partial charge in [0.05, 0.1) is 10.4 Å². The van der Waals surface area contributed by atoms with E-state index in [-0.39, 0.29) is 0 Å². The minimum absolute atomic E-state index is 1.13. The monoisotopic (exact) mass is 329 g/mol. The van der Waals surface area contributed by atoms with Crippen LogP contribution in [0.5, 0.6) is 0 Å². The second-order valence-electron chi connectivity index (χ2n) is 6.78. The van der Waals surface area contributed by atoms with Crippen molar-refractivity contribution in [3.05, 3.63) is 65.4 Å². The SMILES string of the molecule is Cc1ccccc1-c1nccc2c1sc1cc3c(cc12)CCCC3. The van der Waals surface area contributed by atoms with Crippen LogP contribution in [-0.4, -0.2) is 4.98 Å². The lowest BCUT2D eigenvalue weighted by atomic mass is 9.90. The number of fused-ring (bicyclic) bond motifs is 4. The summed E-state index contributed by atoms with van der Waals surface area (Å²) in [5, 5.41) is 2.77. The minimum Gasteiger partial charge on any atom is -0.255 e. The average Bonchev–Trinajstić information content (AvgIpc) is 2.98. The van der Waals surface area contributed by atoms with Crippen LogP contribution >= 0.6 is 11.3 Å². The molecular weight excluding hydrogens is 310 g/mol. The smallest absolute Gasteiger partial charge is 0.0883 e. The Morgan fingerprint density at radius 3 is 2.54 bits per heavy atom. The van der Waals surface area contributed by atoms with Gasteiger partial charge in [-0.15, -0.1) is 11.3 Å². The Labute approximate surface area is 146 Å². The highest BCUT2D eigenvalue weighted by atomic mass is 32.1.